The first-order valence-electron chi connectivity index (χ1n) is 6.88. The molecule has 0 saturated heterocycles. The largest absolute Gasteiger partial charge is 0.378 e. The molecule has 0 aliphatic heterocycles. The van der Waals surface area contributed by atoms with Gasteiger partial charge in [0.05, 0.1) is 0 Å². The van der Waals surface area contributed by atoms with Gasteiger partial charge in [0.2, 0.25) is 0 Å². The molecule has 0 saturated carbocycles. The van der Waals surface area contributed by atoms with E-state index in [2.05, 4.69) is 76.3 Å². The second-order valence-corrected chi connectivity index (χ2v) is 5.54. The zero-order valence-corrected chi connectivity index (χ0v) is 12.5. The molecule has 0 aromatic heterocycles. The summed E-state index contributed by atoms with van der Waals surface area (Å²) in [7, 11) is 0. The predicted octanol–water partition coefficient (Wildman–Crippen LogP) is 5.09. The second kappa shape index (κ2) is 5.48. The van der Waals surface area contributed by atoms with Crippen molar-refractivity contribution in [3.05, 3.63) is 64.2 Å². The lowest BCUT2D eigenvalue weighted by Crippen LogP contribution is -2.09. The van der Waals surface area contributed by atoms with Gasteiger partial charge >= 0.3 is 0 Å². The molecule has 0 amide bonds. The molecule has 0 spiro atoms. The molecule has 0 aliphatic carbocycles. The summed E-state index contributed by atoms with van der Waals surface area (Å²) in [4.78, 5) is 0. The lowest BCUT2D eigenvalue weighted by molar-refractivity contribution is 0.870. The third-order valence-electron chi connectivity index (χ3n) is 3.66. The van der Waals surface area contributed by atoms with Gasteiger partial charge in [0.15, 0.2) is 0 Å². The van der Waals surface area contributed by atoms with Crippen LogP contribution in [-0.4, -0.2) is 0 Å². The Morgan fingerprint density at radius 1 is 0.789 bits per heavy atom. The van der Waals surface area contributed by atoms with E-state index in [9.17, 15) is 0 Å². The zero-order chi connectivity index (χ0) is 14.0. The number of aryl methyl sites for hydroxylation is 4. The van der Waals surface area contributed by atoms with Gasteiger partial charge in [-0.25, -0.2) is 0 Å². The molecule has 0 fully saturated rings. The zero-order valence-electron chi connectivity index (χ0n) is 12.5. The van der Waals surface area contributed by atoms with Crippen LogP contribution in [0.4, 0.5) is 5.69 Å². The SMILES string of the molecule is Cc1ccc(NC(C)c2cc(C)ccc2C)c(C)c1. The molecular weight excluding hydrogens is 230 g/mol. The van der Waals surface area contributed by atoms with Crippen LogP contribution in [0.3, 0.4) is 0 Å². The smallest absolute Gasteiger partial charge is 0.0488 e. The highest BCUT2D eigenvalue weighted by Gasteiger charge is 2.09. The molecule has 2 aromatic rings. The van der Waals surface area contributed by atoms with Crippen LogP contribution in [0, 0.1) is 27.7 Å². The van der Waals surface area contributed by atoms with Gasteiger partial charge in [-0.05, 0) is 57.4 Å². The van der Waals surface area contributed by atoms with Crippen LogP contribution in [0.1, 0.15) is 40.8 Å². The molecule has 1 atom stereocenters. The Balaban J connectivity index is 2.25. The number of nitrogens with one attached hydrogen (secondary N) is 1. The third-order valence-corrected chi connectivity index (χ3v) is 3.66. The second-order valence-electron chi connectivity index (χ2n) is 5.54. The summed E-state index contributed by atoms with van der Waals surface area (Å²) in [5, 5.41) is 3.62. The molecule has 19 heavy (non-hydrogen) atoms. The maximum Gasteiger partial charge on any atom is 0.0488 e. The van der Waals surface area contributed by atoms with E-state index in [0.29, 0.717) is 6.04 Å². The van der Waals surface area contributed by atoms with Crippen molar-refractivity contribution >= 4 is 5.69 Å². The van der Waals surface area contributed by atoms with Gasteiger partial charge in [0.25, 0.3) is 0 Å². The summed E-state index contributed by atoms with van der Waals surface area (Å²) in [6.07, 6.45) is 0. The molecule has 2 rings (SSSR count). The number of rotatable bonds is 3. The van der Waals surface area contributed by atoms with Crippen LogP contribution >= 0.6 is 0 Å². The summed E-state index contributed by atoms with van der Waals surface area (Å²) < 4.78 is 0. The lowest BCUT2D eigenvalue weighted by atomic mass is 9.99. The molecule has 0 heterocycles. The topological polar surface area (TPSA) is 12.0 Å². The fraction of sp³-hybridized carbons (Fsp3) is 0.333. The first-order valence-corrected chi connectivity index (χ1v) is 6.88. The number of benzene rings is 2. The van der Waals surface area contributed by atoms with Crippen molar-refractivity contribution in [2.45, 2.75) is 40.7 Å². The maximum absolute atomic E-state index is 3.62. The highest BCUT2D eigenvalue weighted by molar-refractivity contribution is 5.53. The van der Waals surface area contributed by atoms with Crippen molar-refractivity contribution in [2.75, 3.05) is 5.32 Å². The third kappa shape index (κ3) is 3.17. The molecule has 2 aromatic carbocycles. The molecule has 1 unspecified atom stereocenters. The van der Waals surface area contributed by atoms with Crippen molar-refractivity contribution < 1.29 is 0 Å². The average molecular weight is 253 g/mol. The van der Waals surface area contributed by atoms with Crippen molar-refractivity contribution in [1.29, 1.82) is 0 Å². The van der Waals surface area contributed by atoms with E-state index in [4.69, 9.17) is 0 Å². The highest BCUT2D eigenvalue weighted by atomic mass is 14.9. The number of hydrogen-bond acceptors (Lipinski definition) is 1. The minimum atomic E-state index is 0.321. The Labute approximate surface area is 116 Å². The average Bonchev–Trinajstić information content (AvgIpc) is 2.35. The van der Waals surface area contributed by atoms with Gasteiger partial charge in [0, 0.05) is 11.7 Å². The standard InChI is InChI=1S/C18H23N/c1-12-7-9-18(15(4)10-12)19-16(5)17-11-13(2)6-8-14(17)3/h6-11,16,19H,1-5H3. The summed E-state index contributed by atoms with van der Waals surface area (Å²) in [6.45, 7) is 10.8. The van der Waals surface area contributed by atoms with E-state index < -0.39 is 0 Å². The first-order chi connectivity index (χ1) is 8.97. The molecule has 1 heteroatoms. The summed E-state index contributed by atoms with van der Waals surface area (Å²) in [5.41, 5.74) is 7.86. The predicted molar refractivity (Wildman–Crippen MR) is 83.9 cm³/mol. The molecule has 0 aliphatic rings. The number of anilines is 1. The van der Waals surface area contributed by atoms with E-state index >= 15 is 0 Å². The van der Waals surface area contributed by atoms with Gasteiger partial charge < -0.3 is 5.32 Å². The minimum absolute atomic E-state index is 0.321. The van der Waals surface area contributed by atoms with Gasteiger partial charge in [-0.1, -0.05) is 41.5 Å². The van der Waals surface area contributed by atoms with Gasteiger partial charge in [-0.2, -0.15) is 0 Å². The maximum atomic E-state index is 3.62. The van der Waals surface area contributed by atoms with Gasteiger partial charge in [-0.3, -0.25) is 0 Å². The van der Waals surface area contributed by atoms with Crippen molar-refractivity contribution in [3.8, 4) is 0 Å². The van der Waals surface area contributed by atoms with Crippen LogP contribution in [0.25, 0.3) is 0 Å². The Kier molecular flexibility index (Phi) is 3.94. The van der Waals surface area contributed by atoms with Crippen LogP contribution in [0.5, 0.6) is 0 Å². The monoisotopic (exact) mass is 253 g/mol. The fourth-order valence-electron chi connectivity index (χ4n) is 2.51. The van der Waals surface area contributed by atoms with Crippen molar-refractivity contribution in [1.82, 2.24) is 0 Å². The van der Waals surface area contributed by atoms with Crippen LogP contribution in [0.15, 0.2) is 36.4 Å². The quantitative estimate of drug-likeness (QED) is 0.803. The normalized spacial score (nSPS) is 12.3. The Morgan fingerprint density at radius 2 is 1.42 bits per heavy atom. The Hall–Kier alpha value is -1.76. The minimum Gasteiger partial charge on any atom is -0.378 e. The summed E-state index contributed by atoms with van der Waals surface area (Å²) >= 11 is 0. The van der Waals surface area contributed by atoms with Crippen molar-refractivity contribution in [3.63, 3.8) is 0 Å². The van der Waals surface area contributed by atoms with Gasteiger partial charge in [-0.15, -0.1) is 0 Å². The van der Waals surface area contributed by atoms with E-state index in [0.717, 1.165) is 0 Å². The molecular formula is C18H23N. The summed E-state index contributed by atoms with van der Waals surface area (Å²) in [5.74, 6) is 0. The molecule has 0 radical (unpaired) electrons. The first kappa shape index (κ1) is 13.7. The van der Waals surface area contributed by atoms with E-state index in [-0.39, 0.29) is 0 Å². The Morgan fingerprint density at radius 3 is 2.11 bits per heavy atom. The highest BCUT2D eigenvalue weighted by Crippen LogP contribution is 2.25. The van der Waals surface area contributed by atoms with Crippen molar-refractivity contribution in [2.24, 2.45) is 0 Å². The molecule has 1 nitrogen and oxygen atoms in total. The molecule has 100 valence electrons. The van der Waals surface area contributed by atoms with E-state index in [1.807, 2.05) is 0 Å². The van der Waals surface area contributed by atoms with Crippen LogP contribution < -0.4 is 5.32 Å². The lowest BCUT2D eigenvalue weighted by Gasteiger charge is -2.20. The fourth-order valence-corrected chi connectivity index (χ4v) is 2.51. The van der Waals surface area contributed by atoms with Crippen LogP contribution in [-0.2, 0) is 0 Å². The van der Waals surface area contributed by atoms with Gasteiger partial charge in [0.1, 0.15) is 0 Å². The van der Waals surface area contributed by atoms with E-state index in [1.165, 1.54) is 33.5 Å². The van der Waals surface area contributed by atoms with E-state index in [1.54, 1.807) is 0 Å². The number of hydrogen-bond donors (Lipinski definition) is 1. The molecule has 1 N–H and O–H groups in total. The summed E-state index contributed by atoms with van der Waals surface area (Å²) in [6, 6.07) is 13.5. The molecule has 0 bridgehead atoms. The van der Waals surface area contributed by atoms with Crippen LogP contribution in [0.2, 0.25) is 0 Å². The Bertz CT molecular complexity index is 584.